The average molecular weight is 1110 g/mol. The molecule has 2 amide bonds. The van der Waals surface area contributed by atoms with E-state index in [0.29, 0.717) is 60.0 Å². The predicted molar refractivity (Wildman–Crippen MR) is 312 cm³/mol. The van der Waals surface area contributed by atoms with E-state index in [2.05, 4.69) is 126 Å². The number of hydrogen-bond donors (Lipinski definition) is 2. The van der Waals surface area contributed by atoms with Crippen molar-refractivity contribution in [2.24, 2.45) is 0 Å². The maximum absolute atomic E-state index is 13.6. The second-order valence-electron chi connectivity index (χ2n) is 22.4. The van der Waals surface area contributed by atoms with Gasteiger partial charge in [0.1, 0.15) is 11.4 Å². The number of anilines is 2. The van der Waals surface area contributed by atoms with Crippen LogP contribution < -0.4 is 16.9 Å². The summed E-state index contributed by atoms with van der Waals surface area (Å²) in [6, 6.07) is 46.4. The maximum atomic E-state index is 13.6. The highest BCUT2D eigenvalue weighted by Crippen LogP contribution is 2.38. The normalized spacial score (nSPS) is 17.0. The highest BCUT2D eigenvalue weighted by molar-refractivity contribution is 9.10. The molecule has 3 fully saturated rings. The number of nitrogens with zero attached hydrogens (tertiary/aromatic N) is 8. The topological polar surface area (TPSA) is 169 Å². The van der Waals surface area contributed by atoms with E-state index < -0.39 is 18.3 Å². The summed E-state index contributed by atoms with van der Waals surface area (Å²) in [4.78, 5) is 53.0. The molecular formula is C62H66BBrN10O4. The van der Waals surface area contributed by atoms with Crippen LogP contribution in [0, 0.1) is 0 Å². The molecule has 398 valence electrons. The van der Waals surface area contributed by atoms with Gasteiger partial charge in [0.15, 0.2) is 0 Å². The molecule has 0 spiro atoms. The number of carbonyl (C=O) groups excluding carboxylic acids is 2. The Labute approximate surface area is 465 Å². The molecule has 0 radical (unpaired) electrons. The fourth-order valence-electron chi connectivity index (χ4n) is 10.6. The van der Waals surface area contributed by atoms with E-state index in [0.717, 1.165) is 46.7 Å². The molecule has 16 heteroatoms. The van der Waals surface area contributed by atoms with Gasteiger partial charge in [-0.15, -0.1) is 0 Å². The molecule has 0 atom stereocenters. The van der Waals surface area contributed by atoms with Gasteiger partial charge in [-0.05, 0) is 142 Å². The zero-order chi connectivity index (χ0) is 54.5. The van der Waals surface area contributed by atoms with Crippen LogP contribution in [0.2, 0.25) is 0 Å². The van der Waals surface area contributed by atoms with Crippen molar-refractivity contribution in [3.8, 4) is 11.1 Å². The van der Waals surface area contributed by atoms with Gasteiger partial charge < -0.3 is 30.6 Å². The lowest BCUT2D eigenvalue weighted by Gasteiger charge is -2.32. The molecule has 3 aliphatic heterocycles. The van der Waals surface area contributed by atoms with Gasteiger partial charge in [-0.2, -0.15) is 0 Å². The minimum atomic E-state index is -0.536. The van der Waals surface area contributed by atoms with Gasteiger partial charge in [0.05, 0.1) is 22.2 Å². The average Bonchev–Trinajstić information content (AvgIpc) is 4.38. The highest BCUT2D eigenvalue weighted by Gasteiger charge is 2.52. The lowest BCUT2D eigenvalue weighted by molar-refractivity contribution is 0.00578. The third kappa shape index (κ3) is 11.3. The molecule has 2 aliphatic carbocycles. The summed E-state index contributed by atoms with van der Waals surface area (Å²) < 4.78 is 13.6. The molecule has 8 aromatic rings. The van der Waals surface area contributed by atoms with Gasteiger partial charge in [0.2, 0.25) is 11.9 Å². The van der Waals surface area contributed by atoms with Crippen LogP contribution in [0.25, 0.3) is 32.9 Å². The Kier molecular flexibility index (Phi) is 14.7. The number of carbonyl (C=O) groups is 2. The van der Waals surface area contributed by atoms with Crippen LogP contribution in [-0.2, 0) is 48.6 Å². The standard InChI is InChI=1S/C28H27N5O.C23H25BN4O3.C11H14BrN/c1-32(22-11-12-22)15-21-8-4-5-9-23(21)18-10-13-25-24(14-18)26(31-28(29)30-25)27(34)33-16-19-6-2-3-7-20(19)17-33;1-22(2)23(3,4)31-24(30-22)16-9-10-18-17(11-16)19(27-21(25)26-18)20(29)28-12-14-7-5-6-8-15(14)13-28;1-13(10-6-7-10)8-9-4-2-3-5-11(9)12/h2-10,13-14,22H,11-12,15-17H2,1H3,(H2,29,30,31);5-11H,12-13H2,1-4H3,(H2,25,26,27);2-5,10H,6-8H2,1H3. The van der Waals surface area contributed by atoms with E-state index in [-0.39, 0.29) is 23.7 Å². The summed E-state index contributed by atoms with van der Waals surface area (Å²) in [6.07, 6.45) is 5.31. The Morgan fingerprint density at radius 2 is 1.00 bits per heavy atom. The van der Waals surface area contributed by atoms with Crippen LogP contribution in [0.4, 0.5) is 11.9 Å². The van der Waals surface area contributed by atoms with Gasteiger partial charge in [-0.25, -0.2) is 19.9 Å². The van der Waals surface area contributed by atoms with E-state index >= 15 is 0 Å². The summed E-state index contributed by atoms with van der Waals surface area (Å²) >= 11 is 3.57. The molecule has 78 heavy (non-hydrogen) atoms. The fourth-order valence-corrected chi connectivity index (χ4v) is 11.0. The summed E-state index contributed by atoms with van der Waals surface area (Å²) in [5.74, 6) is -0.0849. The van der Waals surface area contributed by atoms with Crippen molar-refractivity contribution >= 4 is 74.0 Å². The molecule has 13 rings (SSSR count). The molecular weight excluding hydrogens is 1040 g/mol. The van der Waals surface area contributed by atoms with Gasteiger partial charge in [-0.1, -0.05) is 125 Å². The molecule has 2 aromatic heterocycles. The summed E-state index contributed by atoms with van der Waals surface area (Å²) in [5, 5.41) is 1.38. The first-order valence-electron chi connectivity index (χ1n) is 26.9. The van der Waals surface area contributed by atoms with Crippen molar-refractivity contribution < 1.29 is 18.9 Å². The zero-order valence-corrected chi connectivity index (χ0v) is 46.8. The highest BCUT2D eigenvalue weighted by atomic mass is 79.9. The van der Waals surface area contributed by atoms with Crippen LogP contribution in [0.5, 0.6) is 0 Å². The minimum absolute atomic E-state index is 0.0796. The van der Waals surface area contributed by atoms with Gasteiger partial charge in [0.25, 0.3) is 11.8 Å². The molecule has 14 nitrogen and oxygen atoms in total. The lowest BCUT2D eigenvalue weighted by Crippen LogP contribution is -2.41. The number of halogens is 1. The minimum Gasteiger partial charge on any atom is -0.399 e. The van der Waals surface area contributed by atoms with Gasteiger partial charge >= 0.3 is 7.12 Å². The Bertz CT molecular complexity index is 3520. The molecule has 5 aliphatic rings. The van der Waals surface area contributed by atoms with E-state index in [1.807, 2.05) is 99.3 Å². The van der Waals surface area contributed by atoms with Crippen LogP contribution in [0.3, 0.4) is 0 Å². The van der Waals surface area contributed by atoms with Crippen LogP contribution in [-0.4, -0.2) is 95.8 Å². The monoisotopic (exact) mass is 1100 g/mol. The number of nitrogens with two attached hydrogens (primary N) is 2. The molecule has 6 aromatic carbocycles. The van der Waals surface area contributed by atoms with Crippen molar-refractivity contribution in [1.29, 1.82) is 0 Å². The van der Waals surface area contributed by atoms with Crippen molar-refractivity contribution in [3.63, 3.8) is 0 Å². The Hall–Kier alpha value is -7.08. The van der Waals surface area contributed by atoms with Gasteiger partial charge in [-0.3, -0.25) is 19.4 Å². The molecule has 1 saturated heterocycles. The first-order chi connectivity index (χ1) is 37.5. The lowest BCUT2D eigenvalue weighted by atomic mass is 9.78. The largest absolute Gasteiger partial charge is 0.494 e. The Morgan fingerprint density at radius 3 is 1.49 bits per heavy atom. The van der Waals surface area contributed by atoms with E-state index in [1.165, 1.54) is 58.0 Å². The Morgan fingerprint density at radius 1 is 0.577 bits per heavy atom. The molecule has 2 saturated carbocycles. The fraction of sp³-hybridized carbons (Fsp3) is 0.323. The second-order valence-corrected chi connectivity index (χ2v) is 23.2. The van der Waals surface area contributed by atoms with Crippen molar-refractivity contribution in [1.82, 2.24) is 39.5 Å². The van der Waals surface area contributed by atoms with Crippen molar-refractivity contribution in [2.45, 2.75) is 116 Å². The van der Waals surface area contributed by atoms with Gasteiger partial charge in [0, 0.05) is 66.6 Å². The van der Waals surface area contributed by atoms with E-state index in [4.69, 9.17) is 20.8 Å². The number of hydrogen-bond acceptors (Lipinski definition) is 12. The first kappa shape index (κ1) is 53.0. The van der Waals surface area contributed by atoms with Crippen LogP contribution in [0.15, 0.2) is 138 Å². The van der Waals surface area contributed by atoms with Crippen molar-refractivity contribution in [2.75, 3.05) is 25.6 Å². The van der Waals surface area contributed by atoms with Crippen LogP contribution >= 0.6 is 15.9 Å². The third-order valence-corrected chi connectivity index (χ3v) is 16.9. The predicted octanol–water partition coefficient (Wildman–Crippen LogP) is 10.3. The number of fused-ring (bicyclic) bond motifs is 4. The zero-order valence-electron chi connectivity index (χ0n) is 45.2. The smallest absolute Gasteiger partial charge is 0.399 e. The second kappa shape index (κ2) is 21.6. The van der Waals surface area contributed by atoms with Crippen molar-refractivity contribution in [3.05, 3.63) is 183 Å². The summed E-state index contributed by atoms with van der Waals surface area (Å²) in [7, 11) is 3.86. The van der Waals surface area contributed by atoms with E-state index in [9.17, 15) is 9.59 Å². The molecule has 0 bridgehead atoms. The number of rotatable bonds is 10. The third-order valence-electron chi connectivity index (χ3n) is 16.1. The molecule has 0 unspecified atom stereocenters. The summed E-state index contributed by atoms with van der Waals surface area (Å²) in [6.45, 7) is 12.3. The number of amides is 2. The van der Waals surface area contributed by atoms with E-state index in [1.54, 1.807) is 4.90 Å². The Balaban J connectivity index is 0.000000135. The molecule has 4 N–H and O–H groups in total. The number of benzene rings is 6. The first-order valence-corrected chi connectivity index (χ1v) is 27.7. The van der Waals surface area contributed by atoms with Crippen LogP contribution in [0.1, 0.15) is 108 Å². The number of aromatic nitrogens is 4. The SMILES string of the molecule is CC1(C)OB(c2ccc3nc(N)nc(C(=O)N4Cc5ccccc5C4)c3c2)OC1(C)C.CN(Cc1ccccc1-c1ccc2nc(N)nc(C(=O)N3Cc4ccccc4C3)c2c1)C1CC1.CN(Cc1ccccc1Br)C1CC1. The molecule has 5 heterocycles. The summed E-state index contributed by atoms with van der Waals surface area (Å²) in [5.41, 5.74) is 23.4. The maximum Gasteiger partial charge on any atom is 0.494 e. The quantitative estimate of drug-likeness (QED) is 0.125. The number of nitrogen functional groups attached to an aromatic ring is 2.